The summed E-state index contributed by atoms with van der Waals surface area (Å²) in [5.41, 5.74) is 8.51. The molecule has 2 fully saturated rings. The summed E-state index contributed by atoms with van der Waals surface area (Å²) in [7, 11) is 0. The number of nitrogen functional groups attached to an aromatic ring is 1. The van der Waals surface area contributed by atoms with Crippen LogP contribution in [0.4, 0.5) is 26.2 Å². The van der Waals surface area contributed by atoms with E-state index in [-0.39, 0.29) is 31.0 Å². The van der Waals surface area contributed by atoms with Gasteiger partial charge in [-0.25, -0.2) is 13.5 Å². The predicted molar refractivity (Wildman–Crippen MR) is 147 cm³/mol. The van der Waals surface area contributed by atoms with E-state index in [9.17, 15) is 13.9 Å². The lowest BCUT2D eigenvalue weighted by Crippen LogP contribution is -2.46. The molecule has 0 bridgehead atoms. The third kappa shape index (κ3) is 6.06. The highest BCUT2D eigenvalue weighted by atomic mass is 35.5. The number of rotatable bonds is 7. The molecule has 5 rings (SSSR count). The van der Waals surface area contributed by atoms with Crippen molar-refractivity contribution in [2.45, 2.75) is 25.8 Å². The molecule has 0 amide bonds. The second-order valence-corrected chi connectivity index (χ2v) is 9.53. The van der Waals surface area contributed by atoms with Gasteiger partial charge in [-0.05, 0) is 31.9 Å². The van der Waals surface area contributed by atoms with Crippen molar-refractivity contribution in [3.8, 4) is 5.82 Å². The molecule has 1 atom stereocenters. The van der Waals surface area contributed by atoms with E-state index in [0.717, 1.165) is 56.3 Å². The van der Waals surface area contributed by atoms with E-state index in [0.29, 0.717) is 30.4 Å². The van der Waals surface area contributed by atoms with Crippen LogP contribution in [0.1, 0.15) is 24.1 Å². The Bertz CT molecular complexity index is 1260. The van der Waals surface area contributed by atoms with Crippen LogP contribution in [-0.2, 0) is 0 Å². The van der Waals surface area contributed by atoms with Gasteiger partial charge in [-0.1, -0.05) is 12.2 Å². The number of nitrogens with two attached hydrogens (primary N) is 1. The zero-order valence-electron chi connectivity index (χ0n) is 21.3. The lowest BCUT2D eigenvalue weighted by molar-refractivity contribution is 0.266. The normalized spacial score (nSPS) is 18.4. The number of aliphatic hydroxyl groups is 1. The molecule has 38 heavy (non-hydrogen) atoms. The van der Waals surface area contributed by atoms with Crippen LogP contribution >= 0.6 is 12.4 Å². The Balaban J connectivity index is 0.00000336. The number of aliphatic hydroxyl groups excluding tert-OH is 1. The first-order valence-electron chi connectivity index (χ1n) is 12.6. The second kappa shape index (κ2) is 12.1. The van der Waals surface area contributed by atoms with E-state index < -0.39 is 11.6 Å². The van der Waals surface area contributed by atoms with Crippen LogP contribution in [0.3, 0.4) is 0 Å². The lowest BCUT2D eigenvalue weighted by atomic mass is 10.2. The van der Waals surface area contributed by atoms with Gasteiger partial charge in [0, 0.05) is 62.7 Å². The van der Waals surface area contributed by atoms with E-state index in [1.165, 1.54) is 12.1 Å². The monoisotopic (exact) mass is 546 g/mol. The average molecular weight is 547 g/mol. The number of benzene rings is 1. The number of aromatic nitrogens is 4. The topological polar surface area (TPSA) is 99.6 Å². The smallest absolute Gasteiger partial charge is 0.224 e. The molecule has 2 aliphatic heterocycles. The van der Waals surface area contributed by atoms with Crippen LogP contribution in [-0.4, -0.2) is 81.7 Å². The van der Waals surface area contributed by atoms with Crippen molar-refractivity contribution in [1.29, 1.82) is 0 Å². The zero-order chi connectivity index (χ0) is 25.9. The molecule has 3 N–H and O–H groups in total. The molecule has 0 unspecified atom stereocenters. The van der Waals surface area contributed by atoms with Gasteiger partial charge in [-0.2, -0.15) is 15.1 Å². The minimum Gasteiger partial charge on any atom is -0.394 e. The van der Waals surface area contributed by atoms with Crippen molar-refractivity contribution in [2.75, 3.05) is 61.4 Å². The third-order valence-corrected chi connectivity index (χ3v) is 7.11. The molecule has 2 saturated heterocycles. The SMILES string of the molecule is Cc1c(C=CCN2CCN(c3cc(F)cc(F)c3)CC2)cnn1-c1cc(N2CCC[C@@H]2CO)nc(N)n1.Cl. The molecule has 9 nitrogen and oxygen atoms in total. The Morgan fingerprint density at radius 2 is 1.74 bits per heavy atom. The third-order valence-electron chi connectivity index (χ3n) is 7.11. The molecule has 0 saturated carbocycles. The van der Waals surface area contributed by atoms with Crippen molar-refractivity contribution >= 4 is 35.9 Å². The first kappa shape index (κ1) is 27.7. The molecule has 3 aromatic rings. The predicted octanol–water partition coefficient (Wildman–Crippen LogP) is 3.05. The molecule has 0 spiro atoms. The lowest BCUT2D eigenvalue weighted by Gasteiger charge is -2.35. The number of hydrogen-bond donors (Lipinski definition) is 2. The molecule has 2 aliphatic rings. The summed E-state index contributed by atoms with van der Waals surface area (Å²) in [5, 5.41) is 14.2. The Morgan fingerprint density at radius 1 is 1.03 bits per heavy atom. The van der Waals surface area contributed by atoms with Gasteiger partial charge in [0.25, 0.3) is 0 Å². The number of anilines is 3. The molecule has 0 radical (unpaired) electrons. The van der Waals surface area contributed by atoms with E-state index in [1.54, 1.807) is 10.9 Å². The fourth-order valence-electron chi connectivity index (χ4n) is 5.08. The van der Waals surface area contributed by atoms with Gasteiger partial charge in [-0.3, -0.25) is 4.90 Å². The number of nitrogens with zero attached hydrogens (tertiary/aromatic N) is 7. The van der Waals surface area contributed by atoms with Gasteiger partial charge >= 0.3 is 0 Å². The Kier molecular flexibility index (Phi) is 8.80. The van der Waals surface area contributed by atoms with Gasteiger partial charge in [-0.15, -0.1) is 12.4 Å². The molecule has 204 valence electrons. The van der Waals surface area contributed by atoms with Gasteiger partial charge in [0.15, 0.2) is 5.82 Å². The fourth-order valence-corrected chi connectivity index (χ4v) is 5.08. The van der Waals surface area contributed by atoms with E-state index >= 15 is 0 Å². The van der Waals surface area contributed by atoms with Crippen molar-refractivity contribution in [3.05, 3.63) is 59.4 Å². The first-order chi connectivity index (χ1) is 17.9. The second-order valence-electron chi connectivity index (χ2n) is 9.53. The summed E-state index contributed by atoms with van der Waals surface area (Å²) in [6.45, 7) is 6.66. The Hall–Kier alpha value is -3.28. The minimum absolute atomic E-state index is 0. The summed E-state index contributed by atoms with van der Waals surface area (Å²) in [6.07, 6.45) is 7.86. The minimum atomic E-state index is -0.553. The van der Waals surface area contributed by atoms with Crippen molar-refractivity contribution in [3.63, 3.8) is 0 Å². The van der Waals surface area contributed by atoms with Crippen LogP contribution < -0.4 is 15.5 Å². The van der Waals surface area contributed by atoms with Crippen LogP contribution in [0.15, 0.2) is 36.5 Å². The summed E-state index contributed by atoms with van der Waals surface area (Å²) >= 11 is 0. The number of halogens is 3. The average Bonchev–Trinajstić information content (AvgIpc) is 3.50. The van der Waals surface area contributed by atoms with E-state index in [2.05, 4.69) is 30.9 Å². The van der Waals surface area contributed by atoms with Gasteiger partial charge < -0.3 is 20.6 Å². The Labute approximate surface area is 227 Å². The van der Waals surface area contributed by atoms with Gasteiger partial charge in [0.2, 0.25) is 5.95 Å². The number of hydrogen-bond acceptors (Lipinski definition) is 8. The van der Waals surface area contributed by atoms with Gasteiger partial charge in [0.05, 0.1) is 24.5 Å². The highest BCUT2D eigenvalue weighted by Crippen LogP contribution is 2.26. The zero-order valence-corrected chi connectivity index (χ0v) is 22.1. The fraction of sp³-hybridized carbons (Fsp3) is 0.423. The highest BCUT2D eigenvalue weighted by Gasteiger charge is 2.26. The van der Waals surface area contributed by atoms with Crippen LogP contribution in [0.25, 0.3) is 11.9 Å². The van der Waals surface area contributed by atoms with Crippen molar-refractivity contribution in [2.24, 2.45) is 0 Å². The molecular formula is C26H33ClF2N8O. The van der Waals surface area contributed by atoms with E-state index in [4.69, 9.17) is 5.73 Å². The molecule has 4 heterocycles. The maximum absolute atomic E-state index is 13.6. The van der Waals surface area contributed by atoms with Crippen LogP contribution in [0.5, 0.6) is 0 Å². The maximum atomic E-state index is 13.6. The van der Waals surface area contributed by atoms with Crippen LogP contribution in [0.2, 0.25) is 0 Å². The summed E-state index contributed by atoms with van der Waals surface area (Å²) in [6, 6.07) is 5.55. The highest BCUT2D eigenvalue weighted by molar-refractivity contribution is 5.85. The quantitative estimate of drug-likeness (QED) is 0.466. The van der Waals surface area contributed by atoms with Crippen LogP contribution in [0, 0.1) is 18.6 Å². The standard InChI is InChI=1S/C26H32F2N8O.ClH/c1-18-19(4-2-6-33-8-10-34(11-9-33)23-13-20(27)12-21(28)14-23)16-30-36(18)25-15-24(31-26(29)32-25)35-7-3-5-22(35)17-37;/h2,4,12-16,22,37H,3,5-11,17H2,1H3,(H2,29,31,32);1H/t22-;/m1./s1. The summed E-state index contributed by atoms with van der Waals surface area (Å²) in [4.78, 5) is 15.2. The first-order valence-corrected chi connectivity index (χ1v) is 12.6. The molecular weight excluding hydrogens is 514 g/mol. The summed E-state index contributed by atoms with van der Waals surface area (Å²) < 4.78 is 28.9. The number of piperazine rings is 1. The van der Waals surface area contributed by atoms with Gasteiger partial charge in [0.1, 0.15) is 17.5 Å². The molecule has 12 heteroatoms. The molecule has 1 aromatic carbocycles. The molecule has 2 aromatic heterocycles. The van der Waals surface area contributed by atoms with E-state index in [1.807, 2.05) is 24.0 Å². The molecule has 0 aliphatic carbocycles. The summed E-state index contributed by atoms with van der Waals surface area (Å²) in [5.74, 6) is 0.354. The Morgan fingerprint density at radius 3 is 2.45 bits per heavy atom. The maximum Gasteiger partial charge on any atom is 0.224 e. The van der Waals surface area contributed by atoms with Crippen molar-refractivity contribution < 1.29 is 13.9 Å². The van der Waals surface area contributed by atoms with Crippen molar-refractivity contribution in [1.82, 2.24) is 24.6 Å². The largest absolute Gasteiger partial charge is 0.394 e.